The standard InChI is InChI=1S/C59H90N10O8/c1-36(60-9)52(72)66-50(58(3,4)5)56(76)68-34-40(32-46(68)54(74)64-44-28-20-24-38-22-16-18-26-42(38)44)62-48(70)30-14-12-11-13-15-31-49(71)63-41-33-47(55(75)65-45-29-21-25-39-23-17-19-27-43(39)45)69(35-41)57(77)51(59(6,7)8)67-53(73)37(2)61-10/h16-19,22-23,26-27,36-37,40-41,44-47,50-51,60-61H,11-15,20-21,24-25,28-35H2,1-10H3,(H,62,70)(H,63,71)(H,64,74)(H,65,75)(H,66,72)(H,67,73)/t36-,37-,40-,41-,44+,45+,46-,47-,50+,51+/m0/s1. The van der Waals surface area contributed by atoms with Crippen LogP contribution >= 0.6 is 0 Å². The van der Waals surface area contributed by atoms with Crippen molar-refractivity contribution >= 4 is 47.3 Å². The smallest absolute Gasteiger partial charge is 0.246 e. The molecule has 77 heavy (non-hydrogen) atoms. The predicted molar refractivity (Wildman–Crippen MR) is 297 cm³/mol. The number of nitrogens with zero attached hydrogens (tertiary/aromatic N) is 2. The summed E-state index contributed by atoms with van der Waals surface area (Å²) in [4.78, 5) is 114. The summed E-state index contributed by atoms with van der Waals surface area (Å²) in [7, 11) is 3.35. The number of carbonyl (C=O) groups excluding carboxylic acids is 8. The summed E-state index contributed by atoms with van der Waals surface area (Å²) in [6.45, 7) is 14.9. The third kappa shape index (κ3) is 16.1. The lowest BCUT2D eigenvalue weighted by Gasteiger charge is -2.36. The van der Waals surface area contributed by atoms with Crippen LogP contribution in [0.15, 0.2) is 48.5 Å². The Morgan fingerprint density at radius 2 is 0.896 bits per heavy atom. The van der Waals surface area contributed by atoms with Crippen LogP contribution in [-0.2, 0) is 51.2 Å². The Labute approximate surface area is 457 Å². The van der Waals surface area contributed by atoms with Gasteiger partial charge in [0, 0.05) is 38.0 Å². The van der Waals surface area contributed by atoms with Gasteiger partial charge in [0.2, 0.25) is 47.3 Å². The number of fused-ring (bicyclic) bond motifs is 2. The van der Waals surface area contributed by atoms with Gasteiger partial charge in [-0.15, -0.1) is 0 Å². The fourth-order valence-corrected chi connectivity index (χ4v) is 11.3. The zero-order valence-electron chi connectivity index (χ0n) is 47.6. The van der Waals surface area contributed by atoms with E-state index in [1.165, 1.54) is 20.9 Å². The van der Waals surface area contributed by atoms with Crippen molar-refractivity contribution in [3.63, 3.8) is 0 Å². The van der Waals surface area contributed by atoms with Crippen LogP contribution in [0.1, 0.15) is 173 Å². The van der Waals surface area contributed by atoms with Crippen molar-refractivity contribution in [2.75, 3.05) is 27.2 Å². The van der Waals surface area contributed by atoms with Crippen molar-refractivity contribution in [1.29, 1.82) is 0 Å². The number of hydrogen-bond donors (Lipinski definition) is 8. The Hall–Kier alpha value is -5.88. The van der Waals surface area contributed by atoms with E-state index in [0.717, 1.165) is 68.9 Å². The highest BCUT2D eigenvalue weighted by atomic mass is 16.2. The first-order valence-corrected chi connectivity index (χ1v) is 28.4. The van der Waals surface area contributed by atoms with Gasteiger partial charge in [0.05, 0.1) is 24.2 Å². The number of benzene rings is 2. The molecule has 2 aromatic rings. The van der Waals surface area contributed by atoms with Gasteiger partial charge in [-0.25, -0.2) is 0 Å². The molecule has 6 rings (SSSR count). The fourth-order valence-electron chi connectivity index (χ4n) is 11.3. The van der Waals surface area contributed by atoms with E-state index in [-0.39, 0.29) is 98.1 Å². The average molecular weight is 1070 g/mol. The molecule has 0 spiro atoms. The van der Waals surface area contributed by atoms with Crippen molar-refractivity contribution in [2.24, 2.45) is 10.8 Å². The molecule has 18 heteroatoms. The normalized spacial score (nSPS) is 22.8. The van der Waals surface area contributed by atoms with Crippen LogP contribution < -0.4 is 42.5 Å². The van der Waals surface area contributed by atoms with Gasteiger partial charge in [0.25, 0.3) is 0 Å². The first-order valence-electron chi connectivity index (χ1n) is 28.4. The Bertz CT molecular complexity index is 2250. The molecule has 0 radical (unpaired) electrons. The SMILES string of the molecule is CN[C@@H](C)C(=O)N[C@H](C(=O)N1C[C@@H](NC(=O)CCCCCCCC(=O)N[C@H]2C[C@@H](C(=O)N[C@@H]3CCCc4ccccc43)N(C(=O)[C@@H](NC(=O)[C@H](C)NC)C(C)(C)C)C2)C[C@H]1C(=O)N[C@@H]1CCCc2ccccc21)C(C)(C)C. The number of rotatable bonds is 22. The summed E-state index contributed by atoms with van der Waals surface area (Å²) in [5.41, 5.74) is 3.20. The van der Waals surface area contributed by atoms with Crippen LogP contribution in [0.25, 0.3) is 0 Å². The minimum absolute atomic E-state index is 0.125. The lowest BCUT2D eigenvalue weighted by molar-refractivity contribution is -0.144. The van der Waals surface area contributed by atoms with Crippen molar-refractivity contribution < 1.29 is 38.4 Å². The minimum atomic E-state index is -0.919. The molecule has 10 atom stereocenters. The molecule has 2 saturated heterocycles. The van der Waals surface area contributed by atoms with Gasteiger partial charge < -0.3 is 52.3 Å². The van der Waals surface area contributed by atoms with Crippen LogP contribution in [0.4, 0.5) is 0 Å². The van der Waals surface area contributed by atoms with Crippen molar-refractivity contribution in [2.45, 2.75) is 212 Å². The molecule has 4 aliphatic rings. The summed E-state index contributed by atoms with van der Waals surface area (Å²) in [6, 6.07) is 10.2. The number of carbonyl (C=O) groups is 8. The fraction of sp³-hybridized carbons (Fsp3) is 0.661. The largest absolute Gasteiger partial charge is 0.351 e. The maximum Gasteiger partial charge on any atom is 0.246 e. The summed E-state index contributed by atoms with van der Waals surface area (Å²) < 4.78 is 0. The molecule has 2 heterocycles. The molecule has 18 nitrogen and oxygen atoms in total. The third-order valence-corrected chi connectivity index (χ3v) is 16.1. The number of unbranched alkanes of at least 4 members (excludes halogenated alkanes) is 4. The van der Waals surface area contributed by atoms with Gasteiger partial charge in [0.1, 0.15) is 24.2 Å². The molecule has 0 aromatic heterocycles. The third-order valence-electron chi connectivity index (χ3n) is 16.1. The molecule has 8 N–H and O–H groups in total. The average Bonchev–Trinajstić information content (AvgIpc) is 4.05. The van der Waals surface area contributed by atoms with E-state index < -0.39 is 59.2 Å². The quantitative estimate of drug-likeness (QED) is 0.0766. The van der Waals surface area contributed by atoms with Gasteiger partial charge >= 0.3 is 0 Å². The Kier molecular flexibility index (Phi) is 21.3. The van der Waals surface area contributed by atoms with Gasteiger partial charge in [-0.2, -0.15) is 0 Å². The van der Waals surface area contributed by atoms with E-state index in [9.17, 15) is 38.4 Å². The lowest BCUT2D eigenvalue weighted by atomic mass is 9.85. The maximum atomic E-state index is 14.5. The van der Waals surface area contributed by atoms with E-state index in [1.807, 2.05) is 77.9 Å². The van der Waals surface area contributed by atoms with E-state index in [0.29, 0.717) is 12.8 Å². The van der Waals surface area contributed by atoms with E-state index in [2.05, 4.69) is 54.7 Å². The molecule has 8 amide bonds. The van der Waals surface area contributed by atoms with Crippen LogP contribution in [0.3, 0.4) is 0 Å². The molecular formula is C59H90N10O8. The van der Waals surface area contributed by atoms with Crippen molar-refractivity contribution in [3.05, 3.63) is 70.8 Å². The van der Waals surface area contributed by atoms with Gasteiger partial charge in [-0.1, -0.05) is 109 Å². The zero-order valence-corrected chi connectivity index (χ0v) is 47.6. The molecule has 0 unspecified atom stereocenters. The zero-order chi connectivity index (χ0) is 56.2. The lowest BCUT2D eigenvalue weighted by Crippen LogP contribution is -2.59. The predicted octanol–water partition coefficient (Wildman–Crippen LogP) is 4.55. The molecule has 2 aliphatic heterocycles. The molecule has 0 bridgehead atoms. The molecule has 2 aliphatic carbocycles. The Morgan fingerprint density at radius 3 is 1.26 bits per heavy atom. The Morgan fingerprint density at radius 1 is 0.532 bits per heavy atom. The first-order chi connectivity index (χ1) is 36.5. The summed E-state index contributed by atoms with van der Waals surface area (Å²) in [5.74, 6) is -2.31. The second-order valence-corrected chi connectivity index (χ2v) is 24.2. The molecule has 424 valence electrons. The van der Waals surface area contributed by atoms with Gasteiger partial charge in [0.15, 0.2) is 0 Å². The summed E-state index contributed by atoms with van der Waals surface area (Å²) >= 11 is 0. The molecular weight excluding hydrogens is 977 g/mol. The number of likely N-dealkylation sites (tertiary alicyclic amines) is 2. The second-order valence-electron chi connectivity index (χ2n) is 24.2. The number of aryl methyl sites for hydroxylation is 2. The summed E-state index contributed by atoms with van der Waals surface area (Å²) in [6.07, 6.45) is 9.83. The van der Waals surface area contributed by atoms with Crippen LogP contribution in [0.2, 0.25) is 0 Å². The highest BCUT2D eigenvalue weighted by molar-refractivity contribution is 5.95. The number of hydrogen-bond acceptors (Lipinski definition) is 10. The van der Waals surface area contributed by atoms with Gasteiger partial charge in [-0.3, -0.25) is 38.4 Å². The number of nitrogens with one attached hydrogen (secondary N) is 8. The van der Waals surface area contributed by atoms with Crippen LogP contribution in [0, 0.1) is 10.8 Å². The van der Waals surface area contributed by atoms with E-state index in [4.69, 9.17) is 0 Å². The van der Waals surface area contributed by atoms with E-state index in [1.54, 1.807) is 27.9 Å². The number of amides is 8. The topological polar surface area (TPSA) is 239 Å². The van der Waals surface area contributed by atoms with Gasteiger partial charge in [-0.05, 0) is 125 Å². The molecule has 2 aromatic carbocycles. The monoisotopic (exact) mass is 1070 g/mol. The Balaban J connectivity index is 1.00. The second kappa shape index (κ2) is 27.1. The molecule has 0 saturated carbocycles. The summed E-state index contributed by atoms with van der Waals surface area (Å²) in [5, 5.41) is 24.4. The van der Waals surface area contributed by atoms with Crippen LogP contribution in [0.5, 0.6) is 0 Å². The van der Waals surface area contributed by atoms with Crippen LogP contribution in [-0.4, -0.2) is 133 Å². The maximum absolute atomic E-state index is 14.5. The van der Waals surface area contributed by atoms with Crippen molar-refractivity contribution in [3.8, 4) is 0 Å². The molecule has 2 fully saturated rings. The van der Waals surface area contributed by atoms with Crippen molar-refractivity contribution in [1.82, 2.24) is 52.3 Å². The highest BCUT2D eigenvalue weighted by Crippen LogP contribution is 2.34. The number of likely N-dealkylation sites (N-methyl/N-ethyl adjacent to an activating group) is 2. The first kappa shape index (κ1) is 60.4. The van der Waals surface area contributed by atoms with E-state index >= 15 is 0 Å². The minimum Gasteiger partial charge on any atom is -0.351 e. The highest BCUT2D eigenvalue weighted by Gasteiger charge is 2.48.